The second-order valence-corrected chi connectivity index (χ2v) is 14.1. The Bertz CT molecular complexity index is 1510. The maximum Gasteiger partial charge on any atom is 0.492 e. The SMILES string of the molecule is COc1cc(C(F)(F)[C@H](C(=O)N2CCC(N)CC2)N(OC(=O)C(F)(F)F)S(=O)(=O)c2ccc(OCC3CCCCC3)cc2)ccc1Br. The molecule has 2 aliphatic rings. The Hall–Kier alpha value is -3.02. The number of carbonyl (C=O) groups is 2. The van der Waals surface area contributed by atoms with Crippen LogP contribution < -0.4 is 15.2 Å². The summed E-state index contributed by atoms with van der Waals surface area (Å²) in [6.45, 7) is -0.0604. The van der Waals surface area contributed by atoms with E-state index in [1.807, 2.05) is 0 Å². The lowest BCUT2D eigenvalue weighted by molar-refractivity contribution is -0.239. The Morgan fingerprint density at radius 3 is 2.19 bits per heavy atom. The third-order valence-corrected chi connectivity index (χ3v) is 10.4. The average Bonchev–Trinajstić information content (AvgIpc) is 3.04. The molecule has 17 heteroatoms. The van der Waals surface area contributed by atoms with E-state index in [-0.39, 0.29) is 41.9 Å². The number of carbonyl (C=O) groups excluding carboxylic acids is 2. The van der Waals surface area contributed by atoms with Crippen LogP contribution in [-0.4, -0.2) is 74.7 Å². The summed E-state index contributed by atoms with van der Waals surface area (Å²) in [5.74, 6) is -8.95. The van der Waals surface area contributed by atoms with E-state index < -0.39 is 61.0 Å². The minimum absolute atomic E-state index is 0.146. The average molecular weight is 757 g/mol. The molecule has 0 spiro atoms. The number of benzene rings is 2. The number of hydrogen-bond acceptors (Lipinski definition) is 8. The predicted octanol–water partition coefficient (Wildman–Crippen LogP) is 5.54. The van der Waals surface area contributed by atoms with Crippen molar-refractivity contribution < 1.29 is 54.3 Å². The first kappa shape index (κ1) is 36.8. The van der Waals surface area contributed by atoms with Crippen LogP contribution in [0.4, 0.5) is 22.0 Å². The predicted molar refractivity (Wildman–Crippen MR) is 162 cm³/mol. The minimum atomic E-state index is -5.81. The summed E-state index contributed by atoms with van der Waals surface area (Å²) in [6.07, 6.45) is -0.362. The fourth-order valence-corrected chi connectivity index (χ4v) is 7.21. The summed E-state index contributed by atoms with van der Waals surface area (Å²) in [6, 6.07) is 3.23. The zero-order valence-corrected chi connectivity index (χ0v) is 27.8. The van der Waals surface area contributed by atoms with Crippen LogP contribution in [-0.2, 0) is 30.4 Å². The highest BCUT2D eigenvalue weighted by atomic mass is 79.9. The number of nitrogens with zero attached hydrogens (tertiary/aromatic N) is 2. The van der Waals surface area contributed by atoms with Gasteiger partial charge in [-0.3, -0.25) is 4.79 Å². The zero-order valence-electron chi connectivity index (χ0n) is 25.4. The van der Waals surface area contributed by atoms with Crippen molar-refractivity contribution >= 4 is 37.8 Å². The molecule has 2 aromatic rings. The first-order valence-electron chi connectivity index (χ1n) is 14.9. The number of piperidine rings is 1. The topological polar surface area (TPSA) is 128 Å². The van der Waals surface area contributed by atoms with Crippen LogP contribution in [0, 0.1) is 5.92 Å². The molecule has 0 radical (unpaired) electrons. The van der Waals surface area contributed by atoms with E-state index in [0.29, 0.717) is 12.5 Å². The summed E-state index contributed by atoms with van der Waals surface area (Å²) in [7, 11) is -4.42. The third kappa shape index (κ3) is 8.72. The fraction of sp³-hybridized carbons (Fsp3) is 0.533. The molecule has 10 nitrogen and oxygen atoms in total. The molecule has 0 aromatic heterocycles. The second kappa shape index (κ2) is 15.0. The van der Waals surface area contributed by atoms with Gasteiger partial charge in [-0.15, -0.1) is 0 Å². The van der Waals surface area contributed by atoms with E-state index in [2.05, 4.69) is 20.8 Å². The van der Waals surface area contributed by atoms with Gasteiger partial charge in [0.1, 0.15) is 11.5 Å². The van der Waals surface area contributed by atoms with E-state index in [9.17, 15) is 31.2 Å². The van der Waals surface area contributed by atoms with Crippen molar-refractivity contribution in [3.63, 3.8) is 0 Å². The highest BCUT2D eigenvalue weighted by molar-refractivity contribution is 9.10. The Kier molecular flexibility index (Phi) is 11.8. The van der Waals surface area contributed by atoms with Crippen molar-refractivity contribution in [1.29, 1.82) is 0 Å². The molecule has 47 heavy (non-hydrogen) atoms. The number of ether oxygens (including phenoxy) is 2. The smallest absolute Gasteiger partial charge is 0.492 e. The molecule has 1 atom stereocenters. The van der Waals surface area contributed by atoms with Crippen LogP contribution in [0.15, 0.2) is 51.8 Å². The molecule has 2 aromatic carbocycles. The summed E-state index contributed by atoms with van der Waals surface area (Å²) in [5.41, 5.74) is 4.87. The van der Waals surface area contributed by atoms with Gasteiger partial charge < -0.3 is 24.9 Å². The van der Waals surface area contributed by atoms with Gasteiger partial charge in [0, 0.05) is 24.7 Å². The Morgan fingerprint density at radius 1 is 1.00 bits per heavy atom. The van der Waals surface area contributed by atoms with Gasteiger partial charge in [-0.1, -0.05) is 25.3 Å². The molecular weight excluding hydrogens is 721 g/mol. The third-order valence-electron chi connectivity index (χ3n) is 8.15. The van der Waals surface area contributed by atoms with Crippen LogP contribution >= 0.6 is 15.9 Å². The molecule has 0 bridgehead atoms. The van der Waals surface area contributed by atoms with Crippen molar-refractivity contribution in [3.8, 4) is 11.5 Å². The van der Waals surface area contributed by atoms with Gasteiger partial charge in [0.15, 0.2) is 0 Å². The summed E-state index contributed by atoms with van der Waals surface area (Å²) in [5, 5.41) is 0. The highest BCUT2D eigenvalue weighted by Crippen LogP contribution is 2.42. The van der Waals surface area contributed by atoms with Crippen LogP contribution in [0.3, 0.4) is 0 Å². The largest absolute Gasteiger partial charge is 0.496 e. The molecule has 1 aliphatic carbocycles. The molecule has 1 saturated carbocycles. The zero-order chi connectivity index (χ0) is 34.6. The quantitative estimate of drug-likeness (QED) is 0.234. The van der Waals surface area contributed by atoms with Gasteiger partial charge in [-0.25, -0.2) is 13.2 Å². The number of amides is 1. The Morgan fingerprint density at radius 2 is 1.62 bits per heavy atom. The lowest BCUT2D eigenvalue weighted by Gasteiger charge is -2.38. The van der Waals surface area contributed by atoms with E-state index in [1.54, 1.807) is 0 Å². The number of alkyl halides is 5. The molecule has 2 N–H and O–H groups in total. The van der Waals surface area contributed by atoms with E-state index in [4.69, 9.17) is 15.2 Å². The highest BCUT2D eigenvalue weighted by Gasteiger charge is 2.58. The van der Waals surface area contributed by atoms with Crippen LogP contribution in [0.1, 0.15) is 50.5 Å². The maximum absolute atomic E-state index is 16.6. The monoisotopic (exact) mass is 755 g/mol. The number of likely N-dealkylation sites (tertiary alicyclic amines) is 1. The van der Waals surface area contributed by atoms with Gasteiger partial charge in [0.25, 0.3) is 15.9 Å². The molecule has 4 rings (SSSR count). The summed E-state index contributed by atoms with van der Waals surface area (Å²) < 4.78 is 112. The Balaban J connectivity index is 1.79. The van der Waals surface area contributed by atoms with E-state index >= 15 is 8.78 Å². The van der Waals surface area contributed by atoms with Gasteiger partial charge in [0.2, 0.25) is 6.04 Å². The number of halogens is 6. The first-order valence-corrected chi connectivity index (χ1v) is 17.1. The number of methoxy groups -OCH3 is 1. The standard InChI is InChI=1S/C30H35BrF5N3O7S/c1-44-25-17-20(7-12-24(25)31)29(32,33)26(27(40)38-15-13-21(37)14-16-38)39(46-28(41)30(34,35)36)47(42,43)23-10-8-22(9-11-23)45-18-19-5-3-2-4-6-19/h7-12,17,19,21,26H,2-6,13-16,18,37H2,1H3/t26-/m0/s1. The molecule has 2 fully saturated rings. The van der Waals surface area contributed by atoms with Crippen LogP contribution in [0.5, 0.6) is 11.5 Å². The van der Waals surface area contributed by atoms with Gasteiger partial charge >= 0.3 is 18.1 Å². The van der Waals surface area contributed by atoms with Crippen molar-refractivity contribution in [2.75, 3.05) is 26.8 Å². The number of rotatable bonds is 11. The molecule has 1 heterocycles. The van der Waals surface area contributed by atoms with Crippen molar-refractivity contribution in [3.05, 3.63) is 52.5 Å². The van der Waals surface area contributed by atoms with Crippen LogP contribution in [0.2, 0.25) is 0 Å². The van der Waals surface area contributed by atoms with Crippen LogP contribution in [0.25, 0.3) is 0 Å². The molecule has 1 aliphatic heterocycles. The molecule has 0 unspecified atom stereocenters. The molecule has 1 saturated heterocycles. The first-order chi connectivity index (χ1) is 22.0. The molecular formula is C30H35BrF5N3O7S. The van der Waals surface area contributed by atoms with E-state index in [1.165, 1.54) is 12.1 Å². The summed E-state index contributed by atoms with van der Waals surface area (Å²) in [4.78, 5) is 30.2. The van der Waals surface area contributed by atoms with Gasteiger partial charge in [-0.2, -0.15) is 22.0 Å². The maximum atomic E-state index is 16.6. The van der Waals surface area contributed by atoms with Gasteiger partial charge in [0.05, 0.1) is 23.1 Å². The molecule has 260 valence electrons. The van der Waals surface area contributed by atoms with E-state index in [0.717, 1.165) is 74.4 Å². The van der Waals surface area contributed by atoms with Crippen molar-refractivity contribution in [1.82, 2.24) is 9.37 Å². The second-order valence-electron chi connectivity index (χ2n) is 11.5. The number of nitrogens with two attached hydrogens (primary N) is 1. The normalized spacial score (nSPS) is 17.8. The number of sulfonamides is 1. The van der Waals surface area contributed by atoms with Crippen molar-refractivity contribution in [2.24, 2.45) is 11.7 Å². The number of hydroxylamine groups is 1. The lowest BCUT2D eigenvalue weighted by Crippen LogP contribution is -2.60. The van der Waals surface area contributed by atoms with Gasteiger partial charge in [-0.05, 0) is 88.4 Å². The molecule has 1 amide bonds. The Labute approximate surface area is 277 Å². The van der Waals surface area contributed by atoms with Crippen molar-refractivity contribution in [2.45, 2.75) is 74.0 Å². The summed E-state index contributed by atoms with van der Waals surface area (Å²) >= 11 is 3.11. The fourth-order valence-electron chi connectivity index (χ4n) is 5.45. The minimum Gasteiger partial charge on any atom is -0.496 e. The lowest BCUT2D eigenvalue weighted by atomic mass is 9.90. The number of hydrogen-bond donors (Lipinski definition) is 1.